The highest BCUT2D eigenvalue weighted by Crippen LogP contribution is 2.46. The van der Waals surface area contributed by atoms with Crippen LogP contribution in [0.2, 0.25) is 0 Å². The van der Waals surface area contributed by atoms with Crippen molar-refractivity contribution in [1.82, 2.24) is 9.97 Å². The number of hydrogen-bond acceptors (Lipinski definition) is 5. The van der Waals surface area contributed by atoms with Crippen LogP contribution in [-0.2, 0) is 10.9 Å². The largest absolute Gasteiger partial charge is 0.479 e. The Labute approximate surface area is 160 Å². The first-order valence-electron chi connectivity index (χ1n) is 9.29. The molecule has 2 aliphatic rings. The van der Waals surface area contributed by atoms with Gasteiger partial charge in [0.1, 0.15) is 5.82 Å². The molecule has 2 bridgehead atoms. The van der Waals surface area contributed by atoms with Gasteiger partial charge in [0, 0.05) is 17.8 Å². The number of rotatable bonds is 4. The van der Waals surface area contributed by atoms with Crippen LogP contribution in [0.25, 0.3) is 11.1 Å². The number of benzene rings is 1. The Kier molecular flexibility index (Phi) is 4.72. The zero-order valence-corrected chi connectivity index (χ0v) is 15.4. The number of hydrogen-bond donors (Lipinski definition) is 2. The molecule has 2 fully saturated rings. The third kappa shape index (κ3) is 3.55. The zero-order valence-electron chi connectivity index (χ0n) is 15.4. The highest BCUT2D eigenvalue weighted by atomic mass is 19.4. The van der Waals surface area contributed by atoms with Gasteiger partial charge in [-0.3, -0.25) is 5.41 Å². The monoisotopic (exact) mass is 390 g/mol. The lowest BCUT2D eigenvalue weighted by molar-refractivity contribution is -0.137. The molecular formula is C20H21F3N4O. The van der Waals surface area contributed by atoms with E-state index in [0.29, 0.717) is 22.9 Å². The molecule has 1 aromatic carbocycles. The summed E-state index contributed by atoms with van der Waals surface area (Å²) in [7, 11) is 1.37. The lowest BCUT2D eigenvalue weighted by Gasteiger charge is -2.25. The zero-order chi connectivity index (χ0) is 19.9. The fourth-order valence-corrected chi connectivity index (χ4v) is 4.34. The van der Waals surface area contributed by atoms with Crippen LogP contribution in [0.15, 0.2) is 30.5 Å². The topological polar surface area (TPSA) is 70.9 Å². The first-order chi connectivity index (χ1) is 13.3. The van der Waals surface area contributed by atoms with Crippen LogP contribution in [0.1, 0.15) is 37.1 Å². The maximum absolute atomic E-state index is 12.9. The molecule has 0 unspecified atom stereocenters. The van der Waals surface area contributed by atoms with Crippen molar-refractivity contribution >= 4 is 11.7 Å². The summed E-state index contributed by atoms with van der Waals surface area (Å²) in [5.74, 6) is 1.84. The Hall–Kier alpha value is -2.64. The Morgan fingerprint density at radius 2 is 1.93 bits per heavy atom. The van der Waals surface area contributed by atoms with Crippen molar-refractivity contribution in [3.05, 3.63) is 41.9 Å². The lowest BCUT2D eigenvalue weighted by atomic mass is 9.95. The summed E-state index contributed by atoms with van der Waals surface area (Å²) in [6, 6.07) is 5.25. The molecule has 8 heteroatoms. The van der Waals surface area contributed by atoms with E-state index in [0.717, 1.165) is 24.5 Å². The van der Waals surface area contributed by atoms with Crippen LogP contribution in [0.3, 0.4) is 0 Å². The number of aromatic nitrogens is 2. The van der Waals surface area contributed by atoms with Gasteiger partial charge in [0.2, 0.25) is 5.82 Å². The van der Waals surface area contributed by atoms with E-state index in [9.17, 15) is 13.2 Å². The minimum absolute atomic E-state index is 0.142. The summed E-state index contributed by atoms with van der Waals surface area (Å²) >= 11 is 0. The van der Waals surface area contributed by atoms with Gasteiger partial charge in [-0.25, -0.2) is 9.97 Å². The van der Waals surface area contributed by atoms with Crippen LogP contribution in [-0.4, -0.2) is 29.0 Å². The minimum Gasteiger partial charge on any atom is -0.479 e. The number of fused-ring (bicyclic) bond motifs is 2. The molecular weight excluding hydrogens is 369 g/mol. The third-order valence-electron chi connectivity index (χ3n) is 5.78. The van der Waals surface area contributed by atoms with Crippen LogP contribution < -0.4 is 5.32 Å². The SMILES string of the molecule is COC(=N)c1ncc(-c2ccc(C(F)(F)F)cc2)c(N[C@@H]2C[C@H]3CC[C@@H]2C3)n1. The van der Waals surface area contributed by atoms with E-state index >= 15 is 0 Å². The van der Waals surface area contributed by atoms with Gasteiger partial charge in [0.25, 0.3) is 5.90 Å². The van der Waals surface area contributed by atoms with Gasteiger partial charge in [-0.15, -0.1) is 0 Å². The lowest BCUT2D eigenvalue weighted by Crippen LogP contribution is -2.27. The summed E-state index contributed by atoms with van der Waals surface area (Å²) in [4.78, 5) is 8.60. The molecule has 0 aliphatic heterocycles. The quantitative estimate of drug-likeness (QED) is 0.585. The van der Waals surface area contributed by atoms with Crippen LogP contribution in [0, 0.1) is 17.2 Å². The summed E-state index contributed by atoms with van der Waals surface area (Å²) in [6.45, 7) is 0. The fraction of sp³-hybridized carbons (Fsp3) is 0.450. The number of nitrogens with one attached hydrogen (secondary N) is 2. The Balaban J connectivity index is 1.68. The molecule has 2 aliphatic carbocycles. The summed E-state index contributed by atoms with van der Waals surface area (Å²) in [5, 5.41) is 11.3. The van der Waals surface area contributed by atoms with Crippen molar-refractivity contribution in [3.8, 4) is 11.1 Å². The van der Waals surface area contributed by atoms with Gasteiger partial charge in [0.05, 0.1) is 12.7 Å². The Morgan fingerprint density at radius 1 is 1.18 bits per heavy atom. The van der Waals surface area contributed by atoms with Gasteiger partial charge >= 0.3 is 6.18 Å². The Bertz CT molecular complexity index is 882. The molecule has 0 radical (unpaired) electrons. The van der Waals surface area contributed by atoms with E-state index in [2.05, 4.69) is 15.3 Å². The second-order valence-electron chi connectivity index (χ2n) is 7.49. The van der Waals surface area contributed by atoms with E-state index in [4.69, 9.17) is 10.1 Å². The van der Waals surface area contributed by atoms with Crippen LogP contribution in [0.5, 0.6) is 0 Å². The van der Waals surface area contributed by atoms with E-state index in [1.807, 2.05) is 0 Å². The summed E-state index contributed by atoms with van der Waals surface area (Å²) in [6.07, 6.45) is 1.88. The molecule has 2 saturated carbocycles. The van der Waals surface area contributed by atoms with Crippen LogP contribution >= 0.6 is 0 Å². The average Bonchev–Trinajstić information content (AvgIpc) is 3.30. The number of halogens is 3. The molecule has 5 nitrogen and oxygen atoms in total. The van der Waals surface area contributed by atoms with Crippen LogP contribution in [0.4, 0.5) is 19.0 Å². The molecule has 2 aromatic rings. The fourth-order valence-electron chi connectivity index (χ4n) is 4.34. The van der Waals surface area contributed by atoms with Gasteiger partial charge in [-0.1, -0.05) is 18.6 Å². The second kappa shape index (κ2) is 7.07. The van der Waals surface area contributed by atoms with Crippen molar-refractivity contribution in [2.24, 2.45) is 11.8 Å². The van der Waals surface area contributed by atoms with E-state index in [1.165, 1.54) is 44.7 Å². The molecule has 148 valence electrons. The number of nitrogens with zero attached hydrogens (tertiary/aromatic N) is 2. The standard InChI is InChI=1S/C20H21F3N4O/c1-28-17(24)19-25-10-15(12-4-6-14(7-5-12)20(21,22)23)18(27-19)26-16-9-11-2-3-13(16)8-11/h4-7,10-11,13,16,24H,2-3,8-9H2,1H3,(H,25,26,27)/t11-,13+,16+/m0/s1. The van der Waals surface area contributed by atoms with Gasteiger partial charge in [-0.05, 0) is 48.8 Å². The van der Waals surface area contributed by atoms with E-state index in [1.54, 1.807) is 0 Å². The van der Waals surface area contributed by atoms with Crippen molar-refractivity contribution in [2.45, 2.75) is 37.9 Å². The molecule has 2 N–H and O–H groups in total. The first-order valence-corrected chi connectivity index (χ1v) is 9.29. The maximum atomic E-state index is 12.9. The van der Waals surface area contributed by atoms with Crippen molar-refractivity contribution < 1.29 is 17.9 Å². The van der Waals surface area contributed by atoms with Gasteiger partial charge in [0.15, 0.2) is 0 Å². The number of anilines is 1. The maximum Gasteiger partial charge on any atom is 0.416 e. The molecule has 0 amide bonds. The highest BCUT2D eigenvalue weighted by Gasteiger charge is 2.40. The minimum atomic E-state index is -4.38. The highest BCUT2D eigenvalue weighted by molar-refractivity contribution is 5.89. The molecule has 0 spiro atoms. The van der Waals surface area contributed by atoms with E-state index < -0.39 is 11.7 Å². The van der Waals surface area contributed by atoms with Crippen molar-refractivity contribution in [1.29, 1.82) is 5.41 Å². The first kappa shape index (κ1) is 18.7. The van der Waals surface area contributed by atoms with Crippen molar-refractivity contribution in [3.63, 3.8) is 0 Å². The Morgan fingerprint density at radius 3 is 2.50 bits per heavy atom. The smallest absolute Gasteiger partial charge is 0.416 e. The third-order valence-corrected chi connectivity index (χ3v) is 5.78. The number of methoxy groups -OCH3 is 1. The number of alkyl halides is 3. The predicted octanol–water partition coefficient (Wildman–Crippen LogP) is 4.73. The molecule has 0 saturated heterocycles. The number of ether oxygens (including phenoxy) is 1. The molecule has 1 aromatic heterocycles. The molecule has 28 heavy (non-hydrogen) atoms. The van der Waals surface area contributed by atoms with Gasteiger partial charge in [-0.2, -0.15) is 13.2 Å². The molecule has 4 rings (SSSR count). The summed E-state index contributed by atoms with van der Waals surface area (Å²) < 4.78 is 43.5. The van der Waals surface area contributed by atoms with Gasteiger partial charge < -0.3 is 10.1 Å². The van der Waals surface area contributed by atoms with Crippen molar-refractivity contribution in [2.75, 3.05) is 12.4 Å². The summed E-state index contributed by atoms with van der Waals surface area (Å²) in [5.41, 5.74) is 0.510. The predicted molar refractivity (Wildman–Crippen MR) is 99.2 cm³/mol. The molecule has 1 heterocycles. The molecule has 3 atom stereocenters. The normalized spacial score (nSPS) is 23.6. The second-order valence-corrected chi connectivity index (χ2v) is 7.49. The van der Waals surface area contributed by atoms with E-state index in [-0.39, 0.29) is 17.8 Å². The average molecular weight is 390 g/mol.